The van der Waals surface area contributed by atoms with Crippen LogP contribution in [0.3, 0.4) is 0 Å². The average molecular weight is 841 g/mol. The van der Waals surface area contributed by atoms with Gasteiger partial charge in [0.15, 0.2) is 5.82 Å². The highest BCUT2D eigenvalue weighted by Crippen LogP contribution is 2.39. The fourth-order valence-corrected chi connectivity index (χ4v) is 9.59. The van der Waals surface area contributed by atoms with Crippen molar-refractivity contribution < 1.29 is 23.7 Å². The van der Waals surface area contributed by atoms with Crippen LogP contribution in [0.5, 0.6) is 5.75 Å². The molecular formula is C44H54ClN8O5P. The number of fused-ring (bicyclic) bond motifs is 1. The van der Waals surface area contributed by atoms with E-state index in [4.69, 9.17) is 16.3 Å². The van der Waals surface area contributed by atoms with Gasteiger partial charge in [-0.3, -0.25) is 19.7 Å². The molecule has 312 valence electrons. The van der Waals surface area contributed by atoms with Crippen LogP contribution in [-0.2, 0) is 27.1 Å². The number of amides is 3. The molecule has 7 rings (SSSR count). The topological polar surface area (TPSA) is 158 Å². The zero-order chi connectivity index (χ0) is 41.5. The summed E-state index contributed by atoms with van der Waals surface area (Å²) in [7, 11) is -0.889. The van der Waals surface area contributed by atoms with Gasteiger partial charge in [0.2, 0.25) is 17.8 Å². The summed E-state index contributed by atoms with van der Waals surface area (Å²) in [5, 5.41) is 13.8. The quantitative estimate of drug-likeness (QED) is 0.0478. The number of aryl methyl sites for hydroxylation is 1. The molecule has 4 aromatic rings. The molecule has 3 aromatic carbocycles. The number of carbonyl (C=O) groups is 3. The number of benzene rings is 3. The second kappa shape index (κ2) is 19.0. The van der Waals surface area contributed by atoms with E-state index in [-0.39, 0.29) is 24.1 Å². The van der Waals surface area contributed by atoms with Crippen molar-refractivity contribution in [1.29, 1.82) is 0 Å². The summed E-state index contributed by atoms with van der Waals surface area (Å²) in [6, 6.07) is 19.4. The lowest BCUT2D eigenvalue weighted by Crippen LogP contribution is -2.52. The third-order valence-electron chi connectivity index (χ3n) is 11.5. The Hall–Kier alpha value is -4.97. The molecule has 0 radical (unpaired) electrons. The summed E-state index contributed by atoms with van der Waals surface area (Å²) in [4.78, 5) is 50.2. The van der Waals surface area contributed by atoms with E-state index in [1.54, 1.807) is 25.3 Å². The Morgan fingerprint density at radius 3 is 2.47 bits per heavy atom. The van der Waals surface area contributed by atoms with Crippen molar-refractivity contribution in [3.63, 3.8) is 0 Å². The number of methoxy groups -OCH3 is 1. The molecule has 4 heterocycles. The van der Waals surface area contributed by atoms with Gasteiger partial charge in [0, 0.05) is 54.7 Å². The minimum absolute atomic E-state index is 0.112. The second-order valence-electron chi connectivity index (χ2n) is 16.0. The van der Waals surface area contributed by atoms with Crippen LogP contribution in [0.25, 0.3) is 0 Å². The van der Waals surface area contributed by atoms with Crippen LogP contribution in [0.1, 0.15) is 79.3 Å². The van der Waals surface area contributed by atoms with Crippen molar-refractivity contribution in [2.24, 2.45) is 0 Å². The number of imide groups is 1. The molecule has 15 heteroatoms. The van der Waals surface area contributed by atoms with Gasteiger partial charge in [-0.2, -0.15) is 4.98 Å². The lowest BCUT2D eigenvalue weighted by atomic mass is 9.98. The minimum Gasteiger partial charge on any atom is -0.494 e. The van der Waals surface area contributed by atoms with Crippen molar-refractivity contribution in [2.45, 2.75) is 82.8 Å². The molecule has 59 heavy (non-hydrogen) atoms. The van der Waals surface area contributed by atoms with Crippen LogP contribution in [0.4, 0.5) is 28.8 Å². The number of nitrogens with zero attached hydrogens (tertiary/aromatic N) is 4. The molecule has 1 atom stereocenters. The number of nitrogens with one attached hydrogen (secondary N) is 4. The van der Waals surface area contributed by atoms with Crippen molar-refractivity contribution in [1.82, 2.24) is 25.5 Å². The number of carbonyl (C=O) groups excluding carboxylic acids is 3. The van der Waals surface area contributed by atoms with Crippen LogP contribution in [0, 0.1) is 0 Å². The average Bonchev–Trinajstić information content (AvgIpc) is 3.56. The molecule has 2 fully saturated rings. The fraction of sp³-hybridized carbons (Fsp3) is 0.432. The molecule has 0 bridgehead atoms. The number of rotatable bonds is 17. The normalized spacial score (nSPS) is 17.2. The molecule has 0 saturated carbocycles. The molecule has 3 aliphatic rings. The van der Waals surface area contributed by atoms with E-state index in [2.05, 4.69) is 48.3 Å². The van der Waals surface area contributed by atoms with Gasteiger partial charge in [-0.1, -0.05) is 55.1 Å². The number of ether oxygens (including phenoxy) is 1. The van der Waals surface area contributed by atoms with Gasteiger partial charge in [0.05, 0.1) is 24.7 Å². The molecule has 3 aliphatic heterocycles. The Kier molecular flexibility index (Phi) is 13.5. The number of halogens is 1. The SMILES string of the molecule is COc1cc(N2CCC(NCCCCCCCc3cccc4c3CN(C3CCC(=O)NC3=O)C4=O)CC2)ccc1Nc1ncc(Cl)c(Nc2ccccc2P(C)(C)=O)n1. The second-order valence-corrected chi connectivity index (χ2v) is 19.6. The Morgan fingerprint density at radius 2 is 1.69 bits per heavy atom. The first-order valence-electron chi connectivity index (χ1n) is 20.6. The maximum absolute atomic E-state index is 13.1. The zero-order valence-corrected chi connectivity index (χ0v) is 35.7. The number of hydrogen-bond acceptors (Lipinski definition) is 11. The van der Waals surface area contributed by atoms with Crippen LogP contribution in [0.2, 0.25) is 5.02 Å². The van der Waals surface area contributed by atoms with Crippen molar-refractivity contribution in [3.05, 3.63) is 88.6 Å². The van der Waals surface area contributed by atoms with Crippen LogP contribution >= 0.6 is 18.7 Å². The van der Waals surface area contributed by atoms with Gasteiger partial charge in [-0.05, 0) is 99.9 Å². The van der Waals surface area contributed by atoms with Gasteiger partial charge < -0.3 is 35.1 Å². The molecule has 1 aromatic heterocycles. The zero-order valence-electron chi connectivity index (χ0n) is 34.1. The lowest BCUT2D eigenvalue weighted by Gasteiger charge is -2.34. The molecule has 2 saturated heterocycles. The smallest absolute Gasteiger partial charge is 0.255 e. The molecule has 4 N–H and O–H groups in total. The highest BCUT2D eigenvalue weighted by atomic mass is 35.5. The molecule has 13 nitrogen and oxygen atoms in total. The van der Waals surface area contributed by atoms with Crippen LogP contribution in [-0.4, -0.2) is 84.7 Å². The molecule has 1 unspecified atom stereocenters. The Labute approximate surface area is 351 Å². The predicted molar refractivity (Wildman–Crippen MR) is 235 cm³/mol. The number of aromatic nitrogens is 2. The highest BCUT2D eigenvalue weighted by molar-refractivity contribution is 7.70. The number of anilines is 5. The maximum Gasteiger partial charge on any atom is 0.255 e. The van der Waals surface area contributed by atoms with Gasteiger partial charge in [0.1, 0.15) is 24.0 Å². The summed E-state index contributed by atoms with van der Waals surface area (Å²) in [5.74, 6) is 0.676. The van der Waals surface area contributed by atoms with E-state index < -0.39 is 13.2 Å². The van der Waals surface area contributed by atoms with E-state index in [1.165, 1.54) is 24.6 Å². The van der Waals surface area contributed by atoms with E-state index in [1.807, 2.05) is 48.5 Å². The standard InChI is InChI=1S/C44H54ClN8O5P/c1-58-38-26-31(17-18-35(38)49-44-47-27-34(45)41(51-44)48-36-15-8-9-16-39(36)59(2,3)57)52-24-21-30(22-25-52)46-23-10-6-4-5-7-12-29-13-11-14-32-33(29)28-53(43(32)56)37-19-20-40(54)50-42(37)55/h8-9,11,13-18,26-27,30,37,46H,4-7,10,12,19-25,28H2,1-3H3,(H,50,54,55)(H2,47,48,49,51). The van der Waals surface area contributed by atoms with E-state index >= 15 is 0 Å². The predicted octanol–water partition coefficient (Wildman–Crippen LogP) is 7.39. The Bertz CT molecular complexity index is 2230. The summed E-state index contributed by atoms with van der Waals surface area (Å²) in [5.41, 5.74) is 5.43. The number of unbranched alkanes of at least 4 members (excludes halogenated alkanes) is 4. The molecule has 0 spiro atoms. The summed E-state index contributed by atoms with van der Waals surface area (Å²) in [6.45, 7) is 6.82. The molecule has 0 aliphatic carbocycles. The largest absolute Gasteiger partial charge is 0.494 e. The number of para-hydroxylation sites is 1. The Balaban J connectivity index is 0.815. The minimum atomic E-state index is -2.54. The Morgan fingerprint density at radius 1 is 0.915 bits per heavy atom. The van der Waals surface area contributed by atoms with Gasteiger partial charge in [-0.15, -0.1) is 0 Å². The maximum atomic E-state index is 13.1. The first kappa shape index (κ1) is 42.2. The number of piperidine rings is 2. The third kappa shape index (κ3) is 10.3. The van der Waals surface area contributed by atoms with Crippen molar-refractivity contribution in [2.75, 3.05) is 55.6 Å². The van der Waals surface area contributed by atoms with E-state index in [0.717, 1.165) is 80.4 Å². The lowest BCUT2D eigenvalue weighted by molar-refractivity contribution is -0.136. The molecule has 3 amide bonds. The van der Waals surface area contributed by atoms with Gasteiger partial charge in [0.25, 0.3) is 5.91 Å². The van der Waals surface area contributed by atoms with E-state index in [0.29, 0.717) is 52.8 Å². The fourth-order valence-electron chi connectivity index (χ4n) is 8.29. The monoisotopic (exact) mass is 840 g/mol. The first-order chi connectivity index (χ1) is 28.5. The van der Waals surface area contributed by atoms with Gasteiger partial charge in [-0.25, -0.2) is 4.98 Å². The van der Waals surface area contributed by atoms with Crippen molar-refractivity contribution >= 4 is 70.6 Å². The van der Waals surface area contributed by atoms with Gasteiger partial charge >= 0.3 is 0 Å². The first-order valence-corrected chi connectivity index (χ1v) is 23.6. The van der Waals surface area contributed by atoms with Crippen LogP contribution < -0.4 is 36.2 Å². The summed E-state index contributed by atoms with van der Waals surface area (Å²) in [6.07, 6.45) is 10.9. The molecular weight excluding hydrogens is 787 g/mol. The van der Waals surface area contributed by atoms with Crippen LogP contribution in [0.15, 0.2) is 66.9 Å². The third-order valence-corrected chi connectivity index (χ3v) is 13.3. The highest BCUT2D eigenvalue weighted by Gasteiger charge is 2.39. The van der Waals surface area contributed by atoms with Crippen molar-refractivity contribution in [3.8, 4) is 5.75 Å². The van der Waals surface area contributed by atoms with E-state index in [9.17, 15) is 18.9 Å². The summed E-state index contributed by atoms with van der Waals surface area (Å²) < 4.78 is 18.7. The number of hydrogen-bond donors (Lipinski definition) is 4. The summed E-state index contributed by atoms with van der Waals surface area (Å²) >= 11 is 6.47.